The van der Waals surface area contributed by atoms with Crippen LogP contribution in [-0.4, -0.2) is 47.9 Å². The van der Waals surface area contributed by atoms with Gasteiger partial charge in [-0.25, -0.2) is 13.6 Å². The molecular formula is C26H25BrN5O5ReS. The van der Waals surface area contributed by atoms with Crippen molar-refractivity contribution < 1.29 is 55.2 Å². The van der Waals surface area contributed by atoms with Gasteiger partial charge in [0.1, 0.15) is 0 Å². The molecule has 39 heavy (non-hydrogen) atoms. The fourth-order valence-corrected chi connectivity index (χ4v) is 4.71. The quantitative estimate of drug-likeness (QED) is 0.230. The first kappa shape index (κ1) is 32.0. The number of carbonyl (C=O) groups excluding carboxylic acids is 3. The van der Waals surface area contributed by atoms with Crippen molar-refractivity contribution in [2.45, 2.75) is 31.3 Å². The second-order valence-corrected chi connectivity index (χ2v) is 13.4. The number of benzene rings is 1. The molecule has 13 heteroatoms. The van der Waals surface area contributed by atoms with Crippen LogP contribution in [-0.2, 0) is 59.3 Å². The zero-order chi connectivity index (χ0) is 27.5. The van der Waals surface area contributed by atoms with Crippen molar-refractivity contribution in [2.24, 2.45) is 5.14 Å². The van der Waals surface area contributed by atoms with Crippen molar-refractivity contribution >= 4 is 34.0 Å². The Bertz CT molecular complexity index is 1660. The van der Waals surface area contributed by atoms with Gasteiger partial charge in [-0.2, -0.15) is 0 Å². The Morgan fingerprint density at radius 1 is 0.923 bits per heavy atom. The Morgan fingerprint density at radius 2 is 1.49 bits per heavy atom. The number of pyridine rings is 2. The fourth-order valence-electron chi connectivity index (χ4n) is 3.83. The van der Waals surface area contributed by atoms with Crippen LogP contribution < -0.4 is 22.1 Å². The molecule has 4 rings (SSSR count). The van der Waals surface area contributed by atoms with Gasteiger partial charge in [0, 0.05) is 48.6 Å². The number of hydrogen-bond donors (Lipinski definition) is 2. The molecule has 0 fully saturated rings. The minimum atomic E-state index is -3.76. The van der Waals surface area contributed by atoms with Gasteiger partial charge in [-0.05, 0) is 61.4 Å². The number of primary sulfonamides is 1. The van der Waals surface area contributed by atoms with E-state index in [2.05, 4.69) is 19.9 Å². The van der Waals surface area contributed by atoms with Crippen molar-refractivity contribution in [3.8, 4) is 0 Å². The standard InChI is InChI=1S/C23H25N5O2S.3CO.BrH.Re/c1-17-21(22-14-20(31(24,29)30)8-9-23(22)27-17)10-13-28(15-18-6-2-4-11-25-18)16-19-7-3-5-12-26-19;3*1-2;;/h2-9,11-12,14,27H,10,13,15-16H2,1H3,(H2,24,29,30);;;;1H;/q;;;;;+1/p-1. The van der Waals surface area contributed by atoms with Crippen molar-refractivity contribution in [3.63, 3.8) is 0 Å². The zero-order valence-corrected chi connectivity index (χ0v) is 25.9. The van der Waals surface area contributed by atoms with Crippen molar-refractivity contribution in [1.82, 2.24) is 19.9 Å². The van der Waals surface area contributed by atoms with E-state index in [0.717, 1.165) is 46.5 Å². The summed E-state index contributed by atoms with van der Waals surface area (Å²) in [5, 5.41) is 6.23. The first-order chi connectivity index (χ1) is 18.2. The molecule has 3 aromatic heterocycles. The Balaban J connectivity index is 0.000000592. The van der Waals surface area contributed by atoms with Crippen molar-refractivity contribution in [3.05, 3.63) is 89.6 Å². The molecule has 0 spiro atoms. The van der Waals surface area contributed by atoms with Crippen LogP contribution in [0.5, 0.6) is 0 Å². The number of aromatic nitrogens is 3. The Labute approximate surface area is 240 Å². The monoisotopic (exact) mass is 785 g/mol. The first-order valence-corrected chi connectivity index (χ1v) is 16.9. The summed E-state index contributed by atoms with van der Waals surface area (Å²) in [6.45, 7) is 4.16. The van der Waals surface area contributed by atoms with Gasteiger partial charge < -0.3 is 22.0 Å². The van der Waals surface area contributed by atoms with Gasteiger partial charge in [-0.15, -0.1) is 0 Å². The summed E-state index contributed by atoms with van der Waals surface area (Å²) in [5.74, 6) is 0. The molecule has 10 nitrogen and oxygen atoms in total. The molecule has 0 saturated carbocycles. The average Bonchev–Trinajstić information content (AvgIpc) is 3.23. The number of aryl methyl sites for hydroxylation is 1. The molecule has 0 bridgehead atoms. The van der Waals surface area contributed by atoms with E-state index in [0.29, 0.717) is 13.1 Å². The summed E-state index contributed by atoms with van der Waals surface area (Å²) in [7, 11) is -3.76. The number of aromatic amines is 1. The van der Waals surface area contributed by atoms with E-state index in [1.54, 1.807) is 24.5 Å². The van der Waals surface area contributed by atoms with Gasteiger partial charge in [-0.1, -0.05) is 12.1 Å². The van der Waals surface area contributed by atoms with E-state index < -0.39 is 25.4 Å². The predicted octanol–water partition coefficient (Wildman–Crippen LogP) is -1.03. The van der Waals surface area contributed by atoms with Crippen molar-refractivity contribution in [2.75, 3.05) is 6.54 Å². The number of nitrogens with two attached hydrogens (primary N) is 1. The molecule has 0 aliphatic heterocycles. The average molecular weight is 786 g/mol. The third kappa shape index (κ3) is 9.50. The SMILES string of the molecule is Cc1[nH]c2ccc(S(N)(=O)=O)cc2c1CCN(Cc1ccccn1)Cc1ccccn1.O=[C]=[Re+](=[C]=O)=[C]=O.[Br-]. The van der Waals surface area contributed by atoms with Crippen LogP contribution in [0, 0.1) is 6.92 Å². The maximum Gasteiger partial charge on any atom is -1.00 e. The van der Waals surface area contributed by atoms with Crippen LogP contribution in [0.4, 0.5) is 0 Å². The zero-order valence-electron chi connectivity index (χ0n) is 20.8. The van der Waals surface area contributed by atoms with E-state index in [9.17, 15) is 22.8 Å². The molecular weight excluding hydrogens is 760 g/mol. The van der Waals surface area contributed by atoms with Gasteiger partial charge in [0.2, 0.25) is 10.0 Å². The van der Waals surface area contributed by atoms with Crippen LogP contribution in [0.3, 0.4) is 0 Å². The van der Waals surface area contributed by atoms with E-state index in [1.165, 1.54) is 19.1 Å². The summed E-state index contributed by atoms with van der Waals surface area (Å²) in [5.41, 5.74) is 5.00. The minimum absolute atomic E-state index is 0. The molecule has 0 amide bonds. The molecule has 3 N–H and O–H groups in total. The van der Waals surface area contributed by atoms with Crippen LogP contribution >= 0.6 is 0 Å². The smallest absolute Gasteiger partial charge is 1.00 e. The minimum Gasteiger partial charge on any atom is -1.00 e. The summed E-state index contributed by atoms with van der Waals surface area (Å²) in [6, 6.07) is 16.8. The first-order valence-electron chi connectivity index (χ1n) is 11.2. The van der Waals surface area contributed by atoms with Crippen LogP contribution in [0.15, 0.2) is 71.9 Å². The van der Waals surface area contributed by atoms with Gasteiger partial charge >= 0.3 is 42.8 Å². The Morgan fingerprint density at radius 3 is 1.92 bits per heavy atom. The van der Waals surface area contributed by atoms with E-state index in [-0.39, 0.29) is 21.9 Å². The van der Waals surface area contributed by atoms with Gasteiger partial charge in [-0.3, -0.25) is 14.9 Å². The second kappa shape index (κ2) is 15.4. The van der Waals surface area contributed by atoms with Crippen LogP contribution in [0.25, 0.3) is 10.9 Å². The Kier molecular flexibility index (Phi) is 12.7. The predicted molar refractivity (Wildman–Crippen MR) is 138 cm³/mol. The molecule has 204 valence electrons. The molecule has 4 aromatic rings. The number of fused-ring (bicyclic) bond motifs is 1. The maximum absolute atomic E-state index is 11.8. The second-order valence-electron chi connectivity index (χ2n) is 8.10. The summed E-state index contributed by atoms with van der Waals surface area (Å²) in [4.78, 5) is 42.9. The van der Waals surface area contributed by atoms with E-state index in [4.69, 9.17) is 5.14 Å². The number of nitrogens with zero attached hydrogens (tertiary/aromatic N) is 3. The number of rotatable bonds is 8. The third-order valence-electron chi connectivity index (χ3n) is 5.55. The molecule has 0 aliphatic rings. The van der Waals surface area contributed by atoms with Crippen LogP contribution in [0.2, 0.25) is 0 Å². The fraction of sp³-hybridized carbons (Fsp3) is 0.192. The van der Waals surface area contributed by atoms with Gasteiger partial charge in [0.05, 0.1) is 16.3 Å². The molecule has 0 radical (unpaired) electrons. The summed E-state index contributed by atoms with van der Waals surface area (Å²) < 4.78 is 27.5. The number of nitrogens with one attached hydrogen (secondary N) is 1. The normalized spacial score (nSPS) is 10.4. The Hall–Kier alpha value is -3.19. The van der Waals surface area contributed by atoms with Gasteiger partial charge in [0.15, 0.2) is 0 Å². The van der Waals surface area contributed by atoms with E-state index >= 15 is 0 Å². The molecule has 3 heterocycles. The third-order valence-corrected chi connectivity index (χ3v) is 8.13. The largest absolute Gasteiger partial charge is 1.00 e. The van der Waals surface area contributed by atoms with Crippen LogP contribution in [0.1, 0.15) is 22.6 Å². The molecule has 0 saturated heterocycles. The number of hydrogen-bond acceptors (Lipinski definition) is 8. The molecule has 0 atom stereocenters. The number of sulfonamides is 1. The van der Waals surface area contributed by atoms with E-state index in [1.807, 2.05) is 43.3 Å². The number of H-pyrrole nitrogens is 1. The van der Waals surface area contributed by atoms with Gasteiger partial charge in [0.25, 0.3) is 0 Å². The summed E-state index contributed by atoms with van der Waals surface area (Å²) >= 11 is -2.97. The molecule has 1 aromatic carbocycles. The van der Waals surface area contributed by atoms with Crippen molar-refractivity contribution in [1.29, 1.82) is 0 Å². The number of halogens is 1. The maximum atomic E-state index is 11.8. The molecule has 0 unspecified atom stereocenters. The summed E-state index contributed by atoms with van der Waals surface area (Å²) in [6.07, 6.45) is 4.35. The topological polar surface area (TPSA) is 156 Å². The molecule has 0 aliphatic carbocycles.